The van der Waals surface area contributed by atoms with Crippen LogP contribution in [0.3, 0.4) is 0 Å². The zero-order valence-electron chi connectivity index (χ0n) is 12.1. The Morgan fingerprint density at radius 2 is 1.59 bits per heavy atom. The van der Waals surface area contributed by atoms with Crippen LogP contribution >= 0.6 is 38.6 Å². The second-order valence-corrected chi connectivity index (χ2v) is 8.91. The topological polar surface area (TPSA) is 0 Å². The maximum absolute atomic E-state index is 14.1. The number of hydrogen-bond donors (Lipinski definition) is 0. The van der Waals surface area contributed by atoms with Crippen molar-refractivity contribution in [2.75, 3.05) is 0 Å². The van der Waals surface area contributed by atoms with Crippen LogP contribution in [0.25, 0.3) is 9.40 Å². The summed E-state index contributed by atoms with van der Waals surface area (Å²) in [5, 5.41) is 0. The second-order valence-electron chi connectivity index (χ2n) is 5.28. The van der Waals surface area contributed by atoms with Gasteiger partial charge in [-0.2, -0.15) is 0 Å². The third-order valence-corrected chi connectivity index (χ3v) is 6.45. The molecule has 0 fully saturated rings. The molecule has 0 saturated carbocycles. The summed E-state index contributed by atoms with van der Waals surface area (Å²) < 4.78 is 31.8. The monoisotopic (exact) mass is 400 g/mol. The third kappa shape index (κ3) is 3.42. The molecule has 0 aliphatic carbocycles. The first-order valence-electron chi connectivity index (χ1n) is 7.21. The highest BCUT2D eigenvalue weighted by atomic mass is 79.9. The first kappa shape index (κ1) is 16.1. The van der Waals surface area contributed by atoms with Crippen LogP contribution in [0.1, 0.15) is 29.3 Å². The van der Waals surface area contributed by atoms with Gasteiger partial charge in [-0.3, -0.25) is 0 Å². The first-order valence-corrected chi connectivity index (χ1v) is 9.64. The van der Waals surface area contributed by atoms with Crippen LogP contribution in [-0.4, -0.2) is 0 Å². The van der Waals surface area contributed by atoms with E-state index in [2.05, 4.69) is 28.1 Å². The number of hydrogen-bond acceptors (Lipinski definition) is 2. The van der Waals surface area contributed by atoms with Crippen molar-refractivity contribution in [3.63, 3.8) is 0 Å². The van der Waals surface area contributed by atoms with Crippen LogP contribution < -0.4 is 0 Å². The van der Waals surface area contributed by atoms with Crippen molar-refractivity contribution >= 4 is 48.0 Å². The molecule has 0 aliphatic heterocycles. The van der Waals surface area contributed by atoms with E-state index in [9.17, 15) is 8.78 Å². The normalized spacial score (nSPS) is 11.5. The molecule has 0 saturated heterocycles. The molecule has 2 aromatic heterocycles. The van der Waals surface area contributed by atoms with Crippen LogP contribution in [0, 0.1) is 11.6 Å². The van der Waals surface area contributed by atoms with Gasteiger partial charge in [-0.1, -0.05) is 13.3 Å². The molecular formula is C17H15BrF2S2. The van der Waals surface area contributed by atoms with Gasteiger partial charge in [0.2, 0.25) is 0 Å². The molecule has 0 spiro atoms. The lowest BCUT2D eigenvalue weighted by Gasteiger charge is -2.07. The van der Waals surface area contributed by atoms with E-state index < -0.39 is 11.6 Å². The van der Waals surface area contributed by atoms with Crippen molar-refractivity contribution in [2.24, 2.45) is 0 Å². The van der Waals surface area contributed by atoms with Gasteiger partial charge in [-0.25, -0.2) is 8.78 Å². The van der Waals surface area contributed by atoms with E-state index in [1.807, 2.05) is 6.92 Å². The van der Waals surface area contributed by atoms with Crippen molar-refractivity contribution in [1.82, 2.24) is 0 Å². The molecule has 0 nitrogen and oxygen atoms in total. The van der Waals surface area contributed by atoms with Gasteiger partial charge in [0.15, 0.2) is 0 Å². The van der Waals surface area contributed by atoms with E-state index in [0.717, 1.165) is 15.8 Å². The lowest BCUT2D eigenvalue weighted by Crippen LogP contribution is -2.00. The number of aryl methyl sites for hydroxylation is 2. The smallest absolute Gasteiger partial charge is 0.129 e. The standard InChI is InChI=1S/C17H15BrF2S2/c1-2-3-10-6-13(19)12(14(20)7-10)5-4-11-8-15-16(21-11)9-17(18)22-15/h6-9H,2-5H2,1H3. The number of benzene rings is 1. The molecular weight excluding hydrogens is 386 g/mol. The predicted molar refractivity (Wildman–Crippen MR) is 95.2 cm³/mol. The minimum Gasteiger partial charge on any atom is -0.207 e. The predicted octanol–water partition coefficient (Wildman–Crippen LogP) is 6.74. The Morgan fingerprint density at radius 1 is 0.909 bits per heavy atom. The van der Waals surface area contributed by atoms with Crippen LogP contribution in [0.5, 0.6) is 0 Å². The Bertz CT molecular complexity index is 750. The highest BCUT2D eigenvalue weighted by Gasteiger charge is 2.12. The average Bonchev–Trinajstić information content (AvgIpc) is 2.94. The van der Waals surface area contributed by atoms with Gasteiger partial charge in [0, 0.05) is 19.8 Å². The van der Waals surface area contributed by atoms with Crippen LogP contribution in [-0.2, 0) is 19.3 Å². The Labute approximate surface area is 144 Å². The largest absolute Gasteiger partial charge is 0.207 e. The lowest BCUT2D eigenvalue weighted by molar-refractivity contribution is 0.551. The highest BCUT2D eigenvalue weighted by Crippen LogP contribution is 2.36. The Balaban J connectivity index is 1.76. The molecule has 2 heterocycles. The summed E-state index contributed by atoms with van der Waals surface area (Å²) in [6.45, 7) is 2.00. The molecule has 3 aromatic rings. The molecule has 116 valence electrons. The molecule has 0 aliphatic rings. The van der Waals surface area contributed by atoms with Crippen molar-refractivity contribution in [1.29, 1.82) is 0 Å². The molecule has 0 bridgehead atoms. The third-order valence-electron chi connectivity index (χ3n) is 3.59. The quantitative estimate of drug-likeness (QED) is 0.444. The summed E-state index contributed by atoms with van der Waals surface area (Å²) >= 11 is 6.85. The minimum atomic E-state index is -0.412. The molecule has 0 amide bonds. The van der Waals surface area contributed by atoms with E-state index in [1.165, 1.54) is 26.4 Å². The minimum absolute atomic E-state index is 0.206. The fourth-order valence-electron chi connectivity index (χ4n) is 2.56. The van der Waals surface area contributed by atoms with E-state index in [0.29, 0.717) is 19.3 Å². The number of rotatable bonds is 5. The molecule has 0 radical (unpaired) electrons. The summed E-state index contributed by atoms with van der Waals surface area (Å²) in [5.41, 5.74) is 0.945. The van der Waals surface area contributed by atoms with Gasteiger partial charge < -0.3 is 0 Å². The lowest BCUT2D eigenvalue weighted by atomic mass is 10.0. The summed E-state index contributed by atoms with van der Waals surface area (Å²) in [4.78, 5) is 1.17. The molecule has 0 N–H and O–H groups in total. The van der Waals surface area contributed by atoms with E-state index in [-0.39, 0.29) is 5.56 Å². The Hall–Kier alpha value is -0.780. The maximum atomic E-state index is 14.1. The zero-order valence-corrected chi connectivity index (χ0v) is 15.3. The molecule has 0 unspecified atom stereocenters. The van der Waals surface area contributed by atoms with Crippen molar-refractivity contribution < 1.29 is 8.78 Å². The molecule has 5 heteroatoms. The van der Waals surface area contributed by atoms with Gasteiger partial charge in [0.05, 0.1) is 3.79 Å². The zero-order chi connectivity index (χ0) is 15.7. The summed E-state index contributed by atoms with van der Waals surface area (Å²) in [5.74, 6) is -0.825. The fraction of sp³-hybridized carbons (Fsp3) is 0.294. The SMILES string of the molecule is CCCc1cc(F)c(CCc2cc3sc(Br)cc3s2)c(F)c1. The van der Waals surface area contributed by atoms with E-state index >= 15 is 0 Å². The highest BCUT2D eigenvalue weighted by molar-refractivity contribution is 9.11. The van der Waals surface area contributed by atoms with Gasteiger partial charge in [0.25, 0.3) is 0 Å². The van der Waals surface area contributed by atoms with E-state index in [1.54, 1.807) is 22.7 Å². The van der Waals surface area contributed by atoms with Gasteiger partial charge in [0.1, 0.15) is 11.6 Å². The maximum Gasteiger partial charge on any atom is 0.129 e. The number of halogens is 3. The van der Waals surface area contributed by atoms with Gasteiger partial charge in [-0.15, -0.1) is 22.7 Å². The Morgan fingerprint density at radius 3 is 2.23 bits per heavy atom. The molecule has 3 rings (SSSR count). The molecule has 22 heavy (non-hydrogen) atoms. The van der Waals surface area contributed by atoms with Crippen molar-refractivity contribution in [2.45, 2.75) is 32.6 Å². The van der Waals surface area contributed by atoms with Crippen molar-refractivity contribution in [3.05, 3.63) is 55.7 Å². The van der Waals surface area contributed by atoms with Crippen molar-refractivity contribution in [3.8, 4) is 0 Å². The number of fused-ring (bicyclic) bond motifs is 1. The summed E-state index contributed by atoms with van der Waals surface area (Å²) in [6, 6.07) is 7.17. The fourth-order valence-corrected chi connectivity index (χ4v) is 5.61. The average molecular weight is 401 g/mol. The summed E-state index contributed by atoms with van der Waals surface area (Å²) in [7, 11) is 0. The molecule has 1 aromatic carbocycles. The molecule has 0 atom stereocenters. The number of thiophene rings is 2. The summed E-state index contributed by atoms with van der Waals surface area (Å²) in [6.07, 6.45) is 2.67. The van der Waals surface area contributed by atoms with Gasteiger partial charge in [-0.05, 0) is 65.0 Å². The van der Waals surface area contributed by atoms with Crippen LogP contribution in [0.2, 0.25) is 0 Å². The van der Waals surface area contributed by atoms with Gasteiger partial charge >= 0.3 is 0 Å². The van der Waals surface area contributed by atoms with Crippen LogP contribution in [0.15, 0.2) is 28.1 Å². The van der Waals surface area contributed by atoms with E-state index in [4.69, 9.17) is 0 Å². The Kier molecular flexibility index (Phi) is 4.95. The van der Waals surface area contributed by atoms with Crippen LogP contribution in [0.4, 0.5) is 8.78 Å². The first-order chi connectivity index (χ1) is 10.6. The second kappa shape index (κ2) is 6.77.